The Morgan fingerprint density at radius 2 is 1.76 bits per heavy atom. The van der Waals surface area contributed by atoms with Crippen molar-refractivity contribution < 1.29 is 9.72 Å². The first-order valence-corrected chi connectivity index (χ1v) is 11.0. The van der Waals surface area contributed by atoms with Crippen LogP contribution in [0.3, 0.4) is 0 Å². The first kappa shape index (κ1) is 22.8. The average Bonchev–Trinajstić information content (AvgIpc) is 3.27. The first-order chi connectivity index (χ1) is 16.4. The lowest BCUT2D eigenvalue weighted by atomic mass is 9.90. The Balaban J connectivity index is 1.58. The van der Waals surface area contributed by atoms with Gasteiger partial charge in [-0.25, -0.2) is 0 Å². The topological polar surface area (TPSA) is 91.3 Å². The Labute approximate surface area is 197 Å². The predicted octanol–water partition coefficient (Wildman–Crippen LogP) is 5.10. The molecular formula is C27H26N4O3. The number of H-pyrrole nitrogens is 1. The van der Waals surface area contributed by atoms with Crippen LogP contribution in [0.1, 0.15) is 22.6 Å². The van der Waals surface area contributed by atoms with E-state index in [-0.39, 0.29) is 17.5 Å². The van der Waals surface area contributed by atoms with Gasteiger partial charge in [-0.05, 0) is 41.5 Å². The summed E-state index contributed by atoms with van der Waals surface area (Å²) in [5.74, 6) is -0.385. The van der Waals surface area contributed by atoms with Crippen molar-refractivity contribution in [1.82, 2.24) is 10.3 Å². The molecule has 1 heterocycles. The van der Waals surface area contributed by atoms with E-state index in [2.05, 4.69) is 40.6 Å². The fourth-order valence-electron chi connectivity index (χ4n) is 4.02. The van der Waals surface area contributed by atoms with Gasteiger partial charge in [0.15, 0.2) is 0 Å². The van der Waals surface area contributed by atoms with E-state index in [1.165, 1.54) is 18.2 Å². The lowest BCUT2D eigenvalue weighted by Crippen LogP contribution is -2.27. The van der Waals surface area contributed by atoms with E-state index >= 15 is 0 Å². The van der Waals surface area contributed by atoms with Crippen molar-refractivity contribution in [3.05, 3.63) is 112 Å². The molecule has 1 atom stereocenters. The standard InChI is InChI=1S/C27H26N4O3/c1-30(2)21-14-11-19(12-15-21)23(24-18-28-25-9-5-4-8-22(24)25)17-29-27(32)16-13-20-7-3-6-10-26(20)31(33)34/h3-16,18,23,28H,17H2,1-2H3,(H,29,32)/b16-13+/t23-/m0/s1. The maximum atomic E-state index is 12.6. The zero-order valence-corrected chi connectivity index (χ0v) is 19.1. The number of nitro groups is 1. The molecule has 3 aromatic carbocycles. The summed E-state index contributed by atoms with van der Waals surface area (Å²) >= 11 is 0. The van der Waals surface area contributed by atoms with E-state index in [9.17, 15) is 14.9 Å². The normalized spacial score (nSPS) is 12.1. The van der Waals surface area contributed by atoms with Crippen molar-refractivity contribution >= 4 is 34.3 Å². The highest BCUT2D eigenvalue weighted by Gasteiger charge is 2.19. The molecule has 0 unspecified atom stereocenters. The highest BCUT2D eigenvalue weighted by molar-refractivity contribution is 5.92. The lowest BCUT2D eigenvalue weighted by molar-refractivity contribution is -0.385. The molecule has 0 bridgehead atoms. The molecule has 0 aliphatic carbocycles. The number of benzene rings is 3. The van der Waals surface area contributed by atoms with Crippen molar-refractivity contribution in [3.63, 3.8) is 0 Å². The third kappa shape index (κ3) is 4.99. The quantitative estimate of drug-likeness (QED) is 0.220. The van der Waals surface area contributed by atoms with Crippen LogP contribution in [0.25, 0.3) is 17.0 Å². The molecule has 7 nitrogen and oxygen atoms in total. The van der Waals surface area contributed by atoms with Gasteiger partial charge in [0, 0.05) is 61.5 Å². The zero-order valence-electron chi connectivity index (χ0n) is 19.1. The molecule has 0 aliphatic heterocycles. The van der Waals surface area contributed by atoms with Crippen LogP contribution in [0.4, 0.5) is 11.4 Å². The number of hydrogen-bond acceptors (Lipinski definition) is 4. The van der Waals surface area contributed by atoms with Crippen LogP contribution in [0, 0.1) is 10.1 Å². The van der Waals surface area contributed by atoms with E-state index in [0.29, 0.717) is 12.1 Å². The van der Waals surface area contributed by atoms with Crippen molar-refractivity contribution in [2.24, 2.45) is 0 Å². The molecule has 0 saturated carbocycles. The van der Waals surface area contributed by atoms with E-state index in [1.54, 1.807) is 18.2 Å². The summed E-state index contributed by atoms with van der Waals surface area (Å²) in [5, 5.41) is 15.3. The van der Waals surface area contributed by atoms with Crippen molar-refractivity contribution in [1.29, 1.82) is 0 Å². The number of aromatic amines is 1. The summed E-state index contributed by atoms with van der Waals surface area (Å²) in [5.41, 5.74) is 4.65. The number of nitrogens with zero attached hydrogens (tertiary/aromatic N) is 2. The van der Waals surface area contributed by atoms with Gasteiger partial charge in [-0.15, -0.1) is 0 Å². The molecule has 1 amide bonds. The third-order valence-corrected chi connectivity index (χ3v) is 5.84. The van der Waals surface area contributed by atoms with Gasteiger partial charge in [0.25, 0.3) is 5.69 Å². The minimum atomic E-state index is -0.456. The molecule has 4 rings (SSSR count). The average molecular weight is 455 g/mol. The summed E-state index contributed by atoms with van der Waals surface area (Å²) in [4.78, 5) is 28.7. The van der Waals surface area contributed by atoms with Crippen LogP contribution >= 0.6 is 0 Å². The van der Waals surface area contributed by atoms with Gasteiger partial charge >= 0.3 is 0 Å². The molecule has 34 heavy (non-hydrogen) atoms. The maximum absolute atomic E-state index is 12.6. The van der Waals surface area contributed by atoms with Crippen LogP contribution in [0.15, 0.2) is 85.1 Å². The van der Waals surface area contributed by atoms with Crippen LogP contribution in [0.2, 0.25) is 0 Å². The molecule has 0 radical (unpaired) electrons. The van der Waals surface area contributed by atoms with Gasteiger partial charge in [0.05, 0.1) is 10.5 Å². The van der Waals surface area contributed by atoms with Gasteiger partial charge in [-0.1, -0.05) is 42.5 Å². The smallest absolute Gasteiger partial charge is 0.276 e. The molecule has 0 saturated heterocycles. The van der Waals surface area contributed by atoms with Gasteiger partial charge in [-0.3, -0.25) is 14.9 Å². The van der Waals surface area contributed by atoms with Crippen LogP contribution in [-0.4, -0.2) is 36.5 Å². The fourth-order valence-corrected chi connectivity index (χ4v) is 4.02. The van der Waals surface area contributed by atoms with Crippen molar-refractivity contribution in [3.8, 4) is 0 Å². The Bertz CT molecular complexity index is 1340. The minimum absolute atomic E-state index is 0.0378. The van der Waals surface area contributed by atoms with Gasteiger partial charge < -0.3 is 15.2 Å². The summed E-state index contributed by atoms with van der Waals surface area (Å²) in [6.45, 7) is 0.378. The predicted molar refractivity (Wildman–Crippen MR) is 136 cm³/mol. The third-order valence-electron chi connectivity index (χ3n) is 5.84. The second-order valence-corrected chi connectivity index (χ2v) is 8.22. The number of nitro benzene ring substituents is 1. The number of fused-ring (bicyclic) bond motifs is 1. The number of aromatic nitrogens is 1. The Morgan fingerprint density at radius 1 is 1.06 bits per heavy atom. The first-order valence-electron chi connectivity index (χ1n) is 11.0. The van der Waals surface area contributed by atoms with Crippen LogP contribution in [0.5, 0.6) is 0 Å². The molecule has 2 N–H and O–H groups in total. The molecular weight excluding hydrogens is 428 g/mol. The molecule has 172 valence electrons. The number of carbonyl (C=O) groups is 1. The van der Waals surface area contributed by atoms with Gasteiger partial charge in [-0.2, -0.15) is 0 Å². The number of para-hydroxylation sites is 2. The monoisotopic (exact) mass is 454 g/mol. The Morgan fingerprint density at radius 3 is 2.50 bits per heavy atom. The molecule has 1 aromatic heterocycles. The van der Waals surface area contributed by atoms with E-state index in [4.69, 9.17) is 0 Å². The maximum Gasteiger partial charge on any atom is 0.276 e. The zero-order chi connectivity index (χ0) is 24.1. The molecule has 0 fully saturated rings. The Hall–Kier alpha value is -4.39. The molecule has 0 aliphatic rings. The van der Waals surface area contributed by atoms with E-state index < -0.39 is 4.92 Å². The second kappa shape index (κ2) is 10.0. The van der Waals surface area contributed by atoms with Crippen molar-refractivity contribution in [2.75, 3.05) is 25.5 Å². The van der Waals surface area contributed by atoms with Gasteiger partial charge in [0.2, 0.25) is 5.91 Å². The largest absolute Gasteiger partial charge is 0.378 e. The van der Waals surface area contributed by atoms with Crippen LogP contribution in [-0.2, 0) is 4.79 Å². The number of hydrogen-bond donors (Lipinski definition) is 2. The number of carbonyl (C=O) groups excluding carboxylic acids is 1. The summed E-state index contributed by atoms with van der Waals surface area (Å²) < 4.78 is 0. The molecule has 0 spiro atoms. The fraction of sp³-hybridized carbons (Fsp3) is 0.148. The summed E-state index contributed by atoms with van der Waals surface area (Å²) in [6, 6.07) is 22.7. The lowest BCUT2D eigenvalue weighted by Gasteiger charge is -2.19. The SMILES string of the molecule is CN(C)c1ccc([C@H](CNC(=O)/C=C/c2ccccc2[N+](=O)[O-])c2c[nH]c3ccccc23)cc1. The Kier molecular flexibility index (Phi) is 6.73. The number of amides is 1. The summed E-state index contributed by atoms with van der Waals surface area (Å²) in [6.07, 6.45) is 4.80. The molecule has 7 heteroatoms. The van der Waals surface area contributed by atoms with E-state index in [0.717, 1.165) is 27.7 Å². The minimum Gasteiger partial charge on any atom is -0.378 e. The highest BCUT2D eigenvalue weighted by Crippen LogP contribution is 2.31. The molecule has 4 aromatic rings. The number of nitrogens with one attached hydrogen (secondary N) is 2. The van der Waals surface area contributed by atoms with Crippen molar-refractivity contribution in [2.45, 2.75) is 5.92 Å². The van der Waals surface area contributed by atoms with Crippen LogP contribution < -0.4 is 10.2 Å². The number of rotatable bonds is 8. The summed E-state index contributed by atoms with van der Waals surface area (Å²) in [7, 11) is 3.99. The van der Waals surface area contributed by atoms with E-state index in [1.807, 2.05) is 43.4 Å². The second-order valence-electron chi connectivity index (χ2n) is 8.22. The number of anilines is 1. The van der Waals surface area contributed by atoms with Gasteiger partial charge in [0.1, 0.15) is 0 Å². The highest BCUT2D eigenvalue weighted by atomic mass is 16.6.